The van der Waals surface area contributed by atoms with Crippen LogP contribution in [0.15, 0.2) is 60.7 Å². The van der Waals surface area contributed by atoms with Crippen LogP contribution in [0, 0.1) is 0 Å². The summed E-state index contributed by atoms with van der Waals surface area (Å²) in [5.74, 6) is 0.0106. The van der Waals surface area contributed by atoms with Crippen LogP contribution < -0.4 is 10.6 Å². The van der Waals surface area contributed by atoms with Crippen LogP contribution in [0.1, 0.15) is 23.6 Å². The molecule has 24 heavy (non-hydrogen) atoms. The molecule has 1 fully saturated rings. The third-order valence-corrected chi connectivity index (χ3v) is 3.99. The lowest BCUT2D eigenvalue weighted by Gasteiger charge is -2.25. The zero-order valence-electron chi connectivity index (χ0n) is 13.5. The van der Waals surface area contributed by atoms with Gasteiger partial charge in [-0.05, 0) is 11.1 Å². The number of carbonyl (C=O) groups is 1. The van der Waals surface area contributed by atoms with Gasteiger partial charge in [0.2, 0.25) is 5.91 Å². The highest BCUT2D eigenvalue weighted by Gasteiger charge is 2.21. The molecule has 0 radical (unpaired) electrons. The van der Waals surface area contributed by atoms with E-state index in [9.17, 15) is 4.79 Å². The Kier molecular flexibility index (Phi) is 7.25. The molecule has 1 heterocycles. The lowest BCUT2D eigenvalue weighted by Crippen LogP contribution is -2.42. The quantitative estimate of drug-likeness (QED) is 0.875. The van der Waals surface area contributed by atoms with Crippen molar-refractivity contribution in [2.45, 2.75) is 18.6 Å². The van der Waals surface area contributed by atoms with Crippen molar-refractivity contribution in [2.24, 2.45) is 0 Å². The molecule has 1 saturated heterocycles. The molecule has 0 bridgehead atoms. The van der Waals surface area contributed by atoms with Gasteiger partial charge in [-0.2, -0.15) is 0 Å². The molecule has 3 rings (SSSR count). The second kappa shape index (κ2) is 9.42. The highest BCUT2D eigenvalue weighted by atomic mass is 35.5. The summed E-state index contributed by atoms with van der Waals surface area (Å²) in [6.07, 6.45) is 0.333. The van der Waals surface area contributed by atoms with Crippen LogP contribution in [-0.2, 0) is 9.53 Å². The molecule has 128 valence electrons. The first-order chi connectivity index (χ1) is 11.3. The number of nitrogens with one attached hydrogen (secondary N) is 2. The van der Waals surface area contributed by atoms with Gasteiger partial charge in [0.1, 0.15) is 0 Å². The molecule has 2 aromatic carbocycles. The van der Waals surface area contributed by atoms with E-state index in [4.69, 9.17) is 4.74 Å². The van der Waals surface area contributed by atoms with Gasteiger partial charge in [-0.15, -0.1) is 12.4 Å². The molecule has 2 N–H and O–H groups in total. The van der Waals surface area contributed by atoms with Gasteiger partial charge < -0.3 is 15.4 Å². The lowest BCUT2D eigenvalue weighted by molar-refractivity contribution is -0.125. The Bertz CT molecular complexity index is 576. The third-order valence-electron chi connectivity index (χ3n) is 3.99. The largest absolute Gasteiger partial charge is 0.375 e. The summed E-state index contributed by atoms with van der Waals surface area (Å²) >= 11 is 0. The Morgan fingerprint density at radius 1 is 1.08 bits per heavy atom. The van der Waals surface area contributed by atoms with Crippen molar-refractivity contribution >= 4 is 18.3 Å². The fraction of sp³-hybridized carbons (Fsp3) is 0.316. The number of hydrogen-bond acceptors (Lipinski definition) is 3. The third kappa shape index (κ3) is 5.06. The summed E-state index contributed by atoms with van der Waals surface area (Å²) in [5, 5.41) is 6.40. The second-order valence-electron chi connectivity index (χ2n) is 5.72. The van der Waals surface area contributed by atoms with Gasteiger partial charge in [0.25, 0.3) is 0 Å². The van der Waals surface area contributed by atoms with Crippen molar-refractivity contribution in [3.8, 4) is 0 Å². The van der Waals surface area contributed by atoms with Crippen LogP contribution in [-0.4, -0.2) is 31.7 Å². The monoisotopic (exact) mass is 346 g/mol. The van der Waals surface area contributed by atoms with E-state index < -0.39 is 0 Å². The van der Waals surface area contributed by atoms with Gasteiger partial charge in [-0.1, -0.05) is 60.7 Å². The Hall–Kier alpha value is -1.88. The summed E-state index contributed by atoms with van der Waals surface area (Å²) in [6, 6.07) is 19.9. The van der Waals surface area contributed by atoms with E-state index in [0.717, 1.165) is 24.2 Å². The van der Waals surface area contributed by atoms with E-state index >= 15 is 0 Å². The Morgan fingerprint density at radius 3 is 2.17 bits per heavy atom. The van der Waals surface area contributed by atoms with Crippen LogP contribution in [0.25, 0.3) is 0 Å². The molecule has 1 aliphatic heterocycles. The normalized spacial score (nSPS) is 17.1. The first-order valence-electron chi connectivity index (χ1n) is 8.04. The minimum atomic E-state index is -0.138. The summed E-state index contributed by atoms with van der Waals surface area (Å²) in [5.41, 5.74) is 2.16. The van der Waals surface area contributed by atoms with Crippen LogP contribution >= 0.6 is 12.4 Å². The van der Waals surface area contributed by atoms with E-state index in [1.165, 1.54) is 0 Å². The number of benzene rings is 2. The van der Waals surface area contributed by atoms with Crippen molar-refractivity contribution in [3.05, 3.63) is 71.8 Å². The zero-order valence-corrected chi connectivity index (χ0v) is 14.3. The summed E-state index contributed by atoms with van der Waals surface area (Å²) in [6.45, 7) is 2.25. The standard InChI is InChI=1S/C19H22N2O2.ClH/c22-18(13-17-14-20-11-12-23-17)21-19(15-7-3-1-4-8-15)16-9-5-2-6-10-16;/h1-10,17,19-20H,11-14H2,(H,21,22);1H. The maximum absolute atomic E-state index is 12.4. The van der Waals surface area contributed by atoms with E-state index in [1.54, 1.807) is 0 Å². The Morgan fingerprint density at radius 2 is 1.67 bits per heavy atom. The predicted octanol–water partition coefficient (Wildman–Crippen LogP) is 2.69. The van der Waals surface area contributed by atoms with Gasteiger partial charge in [-0.25, -0.2) is 0 Å². The predicted molar refractivity (Wildman–Crippen MR) is 97.3 cm³/mol. The minimum absolute atomic E-state index is 0. The molecule has 0 saturated carbocycles. The van der Waals surface area contributed by atoms with E-state index in [-0.39, 0.29) is 30.5 Å². The fourth-order valence-electron chi connectivity index (χ4n) is 2.83. The highest BCUT2D eigenvalue weighted by molar-refractivity contribution is 5.85. The molecule has 4 nitrogen and oxygen atoms in total. The second-order valence-corrected chi connectivity index (χ2v) is 5.72. The number of carbonyl (C=O) groups excluding carboxylic acids is 1. The van der Waals surface area contributed by atoms with Gasteiger partial charge in [0.05, 0.1) is 25.2 Å². The number of morpholine rings is 1. The smallest absolute Gasteiger partial charge is 0.223 e. The van der Waals surface area contributed by atoms with Gasteiger partial charge >= 0.3 is 0 Å². The van der Waals surface area contributed by atoms with Crippen molar-refractivity contribution in [3.63, 3.8) is 0 Å². The molecular formula is C19H23ClN2O2. The van der Waals surface area contributed by atoms with Crippen LogP contribution in [0.4, 0.5) is 0 Å². The minimum Gasteiger partial charge on any atom is -0.375 e. The molecule has 5 heteroatoms. The van der Waals surface area contributed by atoms with Crippen LogP contribution in [0.3, 0.4) is 0 Å². The molecule has 1 amide bonds. The first-order valence-corrected chi connectivity index (χ1v) is 8.04. The SMILES string of the molecule is Cl.O=C(CC1CNCCO1)NC(c1ccccc1)c1ccccc1. The van der Waals surface area contributed by atoms with Gasteiger partial charge in [-0.3, -0.25) is 4.79 Å². The van der Waals surface area contributed by atoms with Crippen molar-refractivity contribution in [1.82, 2.24) is 10.6 Å². The maximum Gasteiger partial charge on any atom is 0.223 e. The molecule has 0 aliphatic carbocycles. The molecule has 1 atom stereocenters. The Balaban J connectivity index is 0.00000208. The molecule has 2 aromatic rings. The van der Waals surface area contributed by atoms with E-state index in [0.29, 0.717) is 13.0 Å². The molecular weight excluding hydrogens is 324 g/mol. The first kappa shape index (κ1) is 18.5. The number of rotatable bonds is 5. The Labute approximate surface area is 149 Å². The highest BCUT2D eigenvalue weighted by Crippen LogP contribution is 2.22. The lowest BCUT2D eigenvalue weighted by atomic mass is 9.98. The summed E-state index contributed by atoms with van der Waals surface area (Å²) in [4.78, 5) is 12.4. The van der Waals surface area contributed by atoms with E-state index in [1.807, 2.05) is 60.7 Å². The summed E-state index contributed by atoms with van der Waals surface area (Å²) < 4.78 is 5.62. The zero-order chi connectivity index (χ0) is 15.9. The maximum atomic E-state index is 12.4. The molecule has 0 aromatic heterocycles. The fourth-order valence-corrected chi connectivity index (χ4v) is 2.83. The van der Waals surface area contributed by atoms with Gasteiger partial charge in [0, 0.05) is 13.1 Å². The molecule has 1 unspecified atom stereocenters. The van der Waals surface area contributed by atoms with Crippen LogP contribution in [0.5, 0.6) is 0 Å². The molecule has 1 aliphatic rings. The number of amides is 1. The number of ether oxygens (including phenoxy) is 1. The summed E-state index contributed by atoms with van der Waals surface area (Å²) in [7, 11) is 0. The van der Waals surface area contributed by atoms with Crippen LogP contribution in [0.2, 0.25) is 0 Å². The number of halogens is 1. The van der Waals surface area contributed by atoms with Crippen molar-refractivity contribution in [2.75, 3.05) is 19.7 Å². The number of hydrogen-bond donors (Lipinski definition) is 2. The average molecular weight is 347 g/mol. The average Bonchev–Trinajstić information content (AvgIpc) is 2.62. The van der Waals surface area contributed by atoms with Gasteiger partial charge in [0.15, 0.2) is 0 Å². The van der Waals surface area contributed by atoms with E-state index in [2.05, 4.69) is 10.6 Å². The topological polar surface area (TPSA) is 50.4 Å². The van der Waals surface area contributed by atoms with Crippen molar-refractivity contribution < 1.29 is 9.53 Å². The molecule has 0 spiro atoms. The van der Waals surface area contributed by atoms with Crippen molar-refractivity contribution in [1.29, 1.82) is 0 Å².